The predicted molar refractivity (Wildman–Crippen MR) is 96.3 cm³/mol. The first kappa shape index (κ1) is 19.2. The van der Waals surface area contributed by atoms with Gasteiger partial charge in [-0.25, -0.2) is 13.1 Å². The van der Waals surface area contributed by atoms with Gasteiger partial charge in [0, 0.05) is 31.7 Å². The van der Waals surface area contributed by atoms with Crippen LogP contribution in [0.2, 0.25) is 0 Å². The normalized spacial score (nSPS) is 19.9. The summed E-state index contributed by atoms with van der Waals surface area (Å²) in [6, 6.07) is 5.45. The van der Waals surface area contributed by atoms with Crippen LogP contribution < -0.4 is 14.9 Å². The van der Waals surface area contributed by atoms with Crippen LogP contribution in [0.25, 0.3) is 0 Å². The summed E-state index contributed by atoms with van der Waals surface area (Å²) in [6.07, 6.45) is 3.83. The Kier molecular flexibility index (Phi) is 6.25. The van der Waals surface area contributed by atoms with Crippen molar-refractivity contribution in [1.29, 1.82) is 0 Å². The first-order valence-electron chi connectivity index (χ1n) is 8.11. The van der Waals surface area contributed by atoms with Crippen molar-refractivity contribution >= 4 is 34.0 Å². The number of anilines is 1. The molecule has 0 radical (unpaired) electrons. The van der Waals surface area contributed by atoms with Gasteiger partial charge in [0.2, 0.25) is 15.9 Å². The van der Waals surface area contributed by atoms with Crippen LogP contribution in [0.5, 0.6) is 0 Å². The zero-order valence-corrected chi connectivity index (χ0v) is 15.4. The van der Waals surface area contributed by atoms with Crippen molar-refractivity contribution in [2.75, 3.05) is 24.5 Å². The molecule has 1 fully saturated rings. The van der Waals surface area contributed by atoms with E-state index in [0.717, 1.165) is 43.5 Å². The Hall–Kier alpha value is -1.15. The van der Waals surface area contributed by atoms with Crippen molar-refractivity contribution in [2.24, 2.45) is 0 Å². The van der Waals surface area contributed by atoms with E-state index >= 15 is 0 Å². The third-order valence-corrected chi connectivity index (χ3v) is 6.05. The van der Waals surface area contributed by atoms with Crippen molar-refractivity contribution in [3.8, 4) is 0 Å². The molecule has 0 unspecified atom stereocenters. The lowest BCUT2D eigenvalue weighted by Gasteiger charge is -2.16. The van der Waals surface area contributed by atoms with Crippen LogP contribution >= 0.6 is 12.4 Å². The van der Waals surface area contributed by atoms with Crippen LogP contribution in [0.15, 0.2) is 23.1 Å². The number of amides is 1. The Morgan fingerprint density at radius 3 is 2.88 bits per heavy atom. The molecule has 1 aromatic rings. The van der Waals surface area contributed by atoms with Gasteiger partial charge < -0.3 is 10.2 Å². The molecule has 0 spiro atoms. The summed E-state index contributed by atoms with van der Waals surface area (Å²) in [7, 11) is -3.54. The second kappa shape index (κ2) is 7.82. The minimum Gasteiger partial charge on any atom is -0.314 e. The van der Waals surface area contributed by atoms with Gasteiger partial charge in [-0.1, -0.05) is 6.07 Å². The van der Waals surface area contributed by atoms with Gasteiger partial charge in [0.15, 0.2) is 0 Å². The Bertz CT molecular complexity index is 703. The molecular weight excluding hydrogens is 350 g/mol. The topological polar surface area (TPSA) is 78.5 Å². The molecule has 1 atom stereocenters. The molecule has 0 bridgehead atoms. The molecule has 3 rings (SSSR count). The van der Waals surface area contributed by atoms with Crippen molar-refractivity contribution in [2.45, 2.75) is 43.5 Å². The van der Waals surface area contributed by atoms with Crippen molar-refractivity contribution in [1.82, 2.24) is 10.0 Å². The van der Waals surface area contributed by atoms with Gasteiger partial charge >= 0.3 is 0 Å². The van der Waals surface area contributed by atoms with Gasteiger partial charge in [-0.05, 0) is 49.9 Å². The number of benzene rings is 1. The summed E-state index contributed by atoms with van der Waals surface area (Å²) < 4.78 is 27.6. The first-order valence-corrected chi connectivity index (χ1v) is 9.60. The molecule has 2 heterocycles. The maximum absolute atomic E-state index is 12.4. The third kappa shape index (κ3) is 4.08. The van der Waals surface area contributed by atoms with E-state index in [1.165, 1.54) is 6.92 Å². The molecule has 0 aromatic heterocycles. The van der Waals surface area contributed by atoms with Crippen molar-refractivity contribution < 1.29 is 13.2 Å². The van der Waals surface area contributed by atoms with E-state index in [9.17, 15) is 13.2 Å². The second-order valence-corrected chi connectivity index (χ2v) is 7.96. The highest BCUT2D eigenvalue weighted by Gasteiger charge is 2.25. The van der Waals surface area contributed by atoms with Gasteiger partial charge in [-0.3, -0.25) is 4.79 Å². The number of halogens is 1. The highest BCUT2D eigenvalue weighted by molar-refractivity contribution is 7.89. The predicted octanol–water partition coefficient (Wildman–Crippen LogP) is 1.44. The van der Waals surface area contributed by atoms with Crippen molar-refractivity contribution in [3.05, 3.63) is 23.8 Å². The number of hydrogen-bond acceptors (Lipinski definition) is 4. The lowest BCUT2D eigenvalue weighted by atomic mass is 10.2. The summed E-state index contributed by atoms with van der Waals surface area (Å²) in [4.78, 5) is 13.5. The van der Waals surface area contributed by atoms with E-state index in [4.69, 9.17) is 0 Å². The number of rotatable bonds is 5. The Labute approximate surface area is 149 Å². The fourth-order valence-corrected chi connectivity index (χ4v) is 4.37. The van der Waals surface area contributed by atoms with Gasteiger partial charge in [-0.15, -0.1) is 12.4 Å². The number of carbonyl (C=O) groups is 1. The standard InChI is InChI=1S/C16H23N3O3S.ClH/c1-12(20)19-10-7-13-4-5-15(11-16(13)19)23(21,22)18-9-6-14-3-2-8-17-14;/h4-5,11,14,17-18H,2-3,6-10H2,1H3;1H/t14-;/m1./s1. The van der Waals surface area contributed by atoms with E-state index in [0.29, 0.717) is 19.1 Å². The number of fused-ring (bicyclic) bond motifs is 1. The van der Waals surface area contributed by atoms with Gasteiger partial charge in [0.25, 0.3) is 0 Å². The first-order chi connectivity index (χ1) is 11.0. The molecule has 0 aliphatic carbocycles. The number of nitrogens with zero attached hydrogens (tertiary/aromatic N) is 1. The molecule has 24 heavy (non-hydrogen) atoms. The number of carbonyl (C=O) groups excluding carboxylic acids is 1. The van der Waals surface area contributed by atoms with Crippen LogP contribution in [0, 0.1) is 0 Å². The SMILES string of the molecule is CC(=O)N1CCc2ccc(S(=O)(=O)NCC[C@H]3CCCN3)cc21.Cl. The van der Waals surface area contributed by atoms with Crippen LogP contribution in [0.4, 0.5) is 5.69 Å². The van der Waals surface area contributed by atoms with Crippen LogP contribution in [-0.2, 0) is 21.2 Å². The average Bonchev–Trinajstić information content (AvgIpc) is 3.15. The monoisotopic (exact) mass is 373 g/mol. The Morgan fingerprint density at radius 2 is 2.21 bits per heavy atom. The Morgan fingerprint density at radius 1 is 1.42 bits per heavy atom. The molecule has 8 heteroatoms. The maximum atomic E-state index is 12.4. The van der Waals surface area contributed by atoms with E-state index < -0.39 is 10.0 Å². The van der Waals surface area contributed by atoms with Crippen LogP contribution in [0.1, 0.15) is 31.7 Å². The van der Waals surface area contributed by atoms with Gasteiger partial charge in [-0.2, -0.15) is 0 Å². The number of sulfonamides is 1. The zero-order valence-electron chi connectivity index (χ0n) is 13.7. The summed E-state index contributed by atoms with van der Waals surface area (Å²) in [5.74, 6) is -0.0569. The number of hydrogen-bond donors (Lipinski definition) is 2. The third-order valence-electron chi connectivity index (χ3n) is 4.59. The summed E-state index contributed by atoms with van der Waals surface area (Å²) >= 11 is 0. The minimum atomic E-state index is -3.54. The molecule has 0 saturated carbocycles. The largest absolute Gasteiger partial charge is 0.314 e. The quantitative estimate of drug-likeness (QED) is 0.818. The molecule has 1 aromatic carbocycles. The van der Waals surface area contributed by atoms with Crippen molar-refractivity contribution in [3.63, 3.8) is 0 Å². The molecule has 1 amide bonds. The molecule has 1 saturated heterocycles. The van der Waals surface area contributed by atoms with Crippen LogP contribution in [-0.4, -0.2) is 40.0 Å². The minimum absolute atomic E-state index is 0. The zero-order chi connectivity index (χ0) is 16.4. The maximum Gasteiger partial charge on any atom is 0.240 e. The smallest absolute Gasteiger partial charge is 0.240 e. The number of nitrogens with one attached hydrogen (secondary N) is 2. The fourth-order valence-electron chi connectivity index (χ4n) is 3.31. The van der Waals surface area contributed by atoms with Crippen LogP contribution in [0.3, 0.4) is 0 Å². The lowest BCUT2D eigenvalue weighted by molar-refractivity contribution is -0.116. The lowest BCUT2D eigenvalue weighted by Crippen LogP contribution is -2.31. The fraction of sp³-hybridized carbons (Fsp3) is 0.562. The summed E-state index contributed by atoms with van der Waals surface area (Å²) in [5.41, 5.74) is 1.74. The molecule has 6 nitrogen and oxygen atoms in total. The van der Waals surface area contributed by atoms with E-state index in [1.807, 2.05) is 6.07 Å². The molecule has 2 N–H and O–H groups in total. The molecule has 2 aliphatic heterocycles. The average molecular weight is 374 g/mol. The molecular formula is C16H24ClN3O3S. The highest BCUT2D eigenvalue weighted by Crippen LogP contribution is 2.30. The second-order valence-electron chi connectivity index (χ2n) is 6.19. The molecule has 2 aliphatic rings. The summed E-state index contributed by atoms with van der Waals surface area (Å²) in [5, 5.41) is 3.36. The van der Waals surface area contributed by atoms with E-state index in [1.54, 1.807) is 17.0 Å². The van der Waals surface area contributed by atoms with E-state index in [2.05, 4.69) is 10.0 Å². The Balaban J connectivity index is 0.00000208. The summed E-state index contributed by atoms with van der Waals surface area (Å²) in [6.45, 7) is 3.56. The van der Waals surface area contributed by atoms with Gasteiger partial charge in [0.1, 0.15) is 0 Å². The van der Waals surface area contributed by atoms with E-state index in [-0.39, 0.29) is 23.2 Å². The highest BCUT2D eigenvalue weighted by atomic mass is 35.5. The molecule has 134 valence electrons. The van der Waals surface area contributed by atoms with Gasteiger partial charge in [0.05, 0.1) is 4.90 Å².